The lowest BCUT2D eigenvalue weighted by Crippen LogP contribution is -2.42. The first-order valence-corrected chi connectivity index (χ1v) is 11.9. The highest BCUT2D eigenvalue weighted by Crippen LogP contribution is 2.47. The number of fused-ring (bicyclic) bond motifs is 4. The molecule has 5 rings (SSSR count). The third-order valence-corrected chi connectivity index (χ3v) is 7.51. The number of anilines is 1. The van der Waals surface area contributed by atoms with Gasteiger partial charge < -0.3 is 14.2 Å². The van der Waals surface area contributed by atoms with E-state index in [1.165, 1.54) is 48.9 Å². The monoisotopic (exact) mass is 420 g/mol. The highest BCUT2D eigenvalue weighted by Gasteiger charge is 2.40. The molecule has 3 heterocycles. The average Bonchev–Trinajstić information content (AvgIpc) is 3.29. The van der Waals surface area contributed by atoms with Gasteiger partial charge in [-0.2, -0.15) is 0 Å². The summed E-state index contributed by atoms with van der Waals surface area (Å²) >= 11 is 0. The first-order valence-electron chi connectivity index (χ1n) is 11.9. The van der Waals surface area contributed by atoms with Crippen LogP contribution < -0.4 is 10.3 Å². The van der Waals surface area contributed by atoms with Crippen molar-refractivity contribution in [2.45, 2.75) is 70.8 Å². The summed E-state index contributed by atoms with van der Waals surface area (Å²) in [5.41, 5.74) is 5.90. The number of hydrogen-bond acceptors (Lipinski definition) is 4. The van der Waals surface area contributed by atoms with E-state index in [2.05, 4.69) is 28.5 Å². The van der Waals surface area contributed by atoms with Crippen molar-refractivity contribution in [1.29, 1.82) is 0 Å². The number of esters is 1. The van der Waals surface area contributed by atoms with Crippen LogP contribution in [0.15, 0.2) is 29.2 Å². The molecule has 5 heteroatoms. The second kappa shape index (κ2) is 7.85. The number of pyridine rings is 1. The summed E-state index contributed by atoms with van der Waals surface area (Å²) in [4.78, 5) is 27.9. The molecule has 0 radical (unpaired) electrons. The van der Waals surface area contributed by atoms with Crippen LogP contribution in [0.1, 0.15) is 73.4 Å². The Bertz CT molecular complexity index is 1070. The van der Waals surface area contributed by atoms with Crippen LogP contribution in [0, 0.1) is 6.92 Å². The summed E-state index contributed by atoms with van der Waals surface area (Å²) in [6.45, 7) is 6.47. The number of carbonyl (C=O) groups is 1. The number of aryl methyl sites for hydroxylation is 1. The molecule has 1 saturated heterocycles. The molecule has 0 bridgehead atoms. The molecule has 0 unspecified atom stereocenters. The minimum atomic E-state index is -0.514. The number of hydrogen-bond donors (Lipinski definition) is 0. The molecule has 0 atom stereocenters. The Balaban J connectivity index is 1.69. The van der Waals surface area contributed by atoms with Crippen LogP contribution in [0.4, 0.5) is 5.69 Å². The molecule has 1 aromatic heterocycles. The Hall–Kier alpha value is -2.56. The van der Waals surface area contributed by atoms with Crippen molar-refractivity contribution in [2.24, 2.45) is 0 Å². The lowest BCUT2D eigenvalue weighted by atomic mass is 9.73. The van der Waals surface area contributed by atoms with Gasteiger partial charge in [0.2, 0.25) is 0 Å². The van der Waals surface area contributed by atoms with E-state index in [1.54, 1.807) is 19.2 Å². The average molecular weight is 421 g/mol. The zero-order chi connectivity index (χ0) is 21.6. The van der Waals surface area contributed by atoms with Crippen LogP contribution in [0.25, 0.3) is 11.3 Å². The van der Waals surface area contributed by atoms with E-state index in [9.17, 15) is 9.59 Å². The number of ether oxygens (including phenoxy) is 1. The zero-order valence-electron chi connectivity index (χ0n) is 18.7. The molecule has 0 N–H and O–H groups in total. The number of aromatic nitrogens is 1. The number of benzene rings is 1. The minimum absolute atomic E-state index is 0.0624. The molecule has 1 aliphatic carbocycles. The van der Waals surface area contributed by atoms with E-state index in [4.69, 9.17) is 4.74 Å². The Morgan fingerprint density at radius 2 is 1.81 bits per heavy atom. The van der Waals surface area contributed by atoms with Crippen LogP contribution in [0.2, 0.25) is 0 Å². The third kappa shape index (κ3) is 3.38. The Morgan fingerprint density at radius 1 is 1.06 bits per heavy atom. The second-order valence-electron chi connectivity index (χ2n) is 9.48. The van der Waals surface area contributed by atoms with Crippen molar-refractivity contribution in [3.8, 4) is 11.3 Å². The van der Waals surface area contributed by atoms with Crippen molar-refractivity contribution < 1.29 is 9.53 Å². The van der Waals surface area contributed by atoms with Crippen LogP contribution in [-0.2, 0) is 16.7 Å². The molecule has 31 heavy (non-hydrogen) atoms. The molecule has 1 aromatic carbocycles. The summed E-state index contributed by atoms with van der Waals surface area (Å²) in [6.07, 6.45) is 11.1. The van der Waals surface area contributed by atoms with Crippen LogP contribution >= 0.6 is 0 Å². The maximum Gasteiger partial charge on any atom is 0.343 e. The number of nitrogens with zero attached hydrogens (tertiary/aromatic N) is 2. The van der Waals surface area contributed by atoms with E-state index >= 15 is 0 Å². The summed E-state index contributed by atoms with van der Waals surface area (Å²) in [7, 11) is 0. The zero-order valence-corrected chi connectivity index (χ0v) is 18.7. The van der Waals surface area contributed by atoms with Crippen molar-refractivity contribution in [1.82, 2.24) is 4.57 Å². The lowest BCUT2D eigenvalue weighted by Gasteiger charge is -2.45. The normalized spacial score (nSPS) is 19.2. The van der Waals surface area contributed by atoms with Gasteiger partial charge in [-0.3, -0.25) is 4.79 Å². The minimum Gasteiger partial charge on any atom is -0.462 e. The predicted octanol–water partition coefficient (Wildman–Crippen LogP) is 4.82. The fraction of sp³-hybridized carbons (Fsp3) is 0.538. The van der Waals surface area contributed by atoms with E-state index in [0.717, 1.165) is 43.6 Å². The fourth-order valence-electron chi connectivity index (χ4n) is 5.99. The molecule has 2 aliphatic heterocycles. The highest BCUT2D eigenvalue weighted by atomic mass is 16.5. The molecule has 1 spiro atoms. The Morgan fingerprint density at radius 3 is 2.52 bits per heavy atom. The van der Waals surface area contributed by atoms with Crippen LogP contribution in [0.3, 0.4) is 0 Å². The molecular weight excluding hydrogens is 388 g/mol. The molecule has 3 aliphatic rings. The third-order valence-electron chi connectivity index (χ3n) is 7.51. The topological polar surface area (TPSA) is 51.5 Å². The van der Waals surface area contributed by atoms with Crippen molar-refractivity contribution in [2.75, 3.05) is 24.6 Å². The van der Waals surface area contributed by atoms with Gasteiger partial charge in [0.25, 0.3) is 0 Å². The van der Waals surface area contributed by atoms with Gasteiger partial charge in [-0.05, 0) is 69.2 Å². The molecule has 164 valence electrons. The molecule has 0 amide bonds. The standard InChI is InChI=1S/C26H32N2O3/c1-3-31-25(30)21-17-28-23(15-24(21)29)20-13-18(2)22(27-11-7-8-12-27)14-19(20)16-26(28)9-5-4-6-10-26/h13-15,17H,3-12,16H2,1-2H3. The summed E-state index contributed by atoms with van der Waals surface area (Å²) in [6, 6.07) is 6.32. The smallest absolute Gasteiger partial charge is 0.343 e. The summed E-state index contributed by atoms with van der Waals surface area (Å²) in [5.74, 6) is -0.514. The first-order chi connectivity index (χ1) is 15.0. The second-order valence-corrected chi connectivity index (χ2v) is 9.48. The van der Waals surface area contributed by atoms with E-state index in [0.29, 0.717) is 0 Å². The van der Waals surface area contributed by atoms with Crippen molar-refractivity contribution in [3.05, 3.63) is 51.3 Å². The summed E-state index contributed by atoms with van der Waals surface area (Å²) < 4.78 is 7.44. The van der Waals surface area contributed by atoms with Crippen molar-refractivity contribution in [3.63, 3.8) is 0 Å². The molecule has 2 fully saturated rings. The van der Waals surface area contributed by atoms with E-state index in [1.807, 2.05) is 0 Å². The Labute approximate surface area is 184 Å². The summed E-state index contributed by atoms with van der Waals surface area (Å²) in [5, 5.41) is 0. The van der Waals surface area contributed by atoms with Gasteiger partial charge in [0, 0.05) is 42.1 Å². The van der Waals surface area contributed by atoms with Gasteiger partial charge in [0.05, 0.1) is 12.3 Å². The number of rotatable bonds is 3. The molecular formula is C26H32N2O3. The van der Waals surface area contributed by atoms with E-state index in [-0.39, 0.29) is 23.1 Å². The van der Waals surface area contributed by atoms with Crippen LogP contribution in [-0.4, -0.2) is 30.2 Å². The lowest BCUT2D eigenvalue weighted by molar-refractivity contribution is 0.0522. The number of carbonyl (C=O) groups excluding carboxylic acids is 1. The Kier molecular flexibility index (Phi) is 5.15. The predicted molar refractivity (Wildman–Crippen MR) is 123 cm³/mol. The largest absolute Gasteiger partial charge is 0.462 e. The quantitative estimate of drug-likeness (QED) is 0.669. The maximum absolute atomic E-state index is 12.9. The van der Waals surface area contributed by atoms with Gasteiger partial charge in [-0.25, -0.2) is 4.79 Å². The first kappa shape index (κ1) is 20.3. The van der Waals surface area contributed by atoms with E-state index < -0.39 is 5.97 Å². The maximum atomic E-state index is 12.9. The molecule has 1 saturated carbocycles. The van der Waals surface area contributed by atoms with Crippen molar-refractivity contribution >= 4 is 11.7 Å². The van der Waals surface area contributed by atoms with Crippen LogP contribution in [0.5, 0.6) is 0 Å². The highest BCUT2D eigenvalue weighted by molar-refractivity contribution is 5.89. The molecule has 5 nitrogen and oxygen atoms in total. The van der Waals surface area contributed by atoms with Gasteiger partial charge in [-0.1, -0.05) is 19.3 Å². The fourth-order valence-corrected chi connectivity index (χ4v) is 5.99. The molecule has 2 aromatic rings. The van der Waals surface area contributed by atoms with Gasteiger partial charge in [0.15, 0.2) is 5.43 Å². The van der Waals surface area contributed by atoms with Gasteiger partial charge in [0.1, 0.15) is 5.56 Å². The SMILES string of the molecule is CCOC(=O)c1cn2c(cc1=O)-c1cc(C)c(N3CCCC3)cc1CC21CCCCC1. The van der Waals surface area contributed by atoms with Gasteiger partial charge >= 0.3 is 5.97 Å². The van der Waals surface area contributed by atoms with Gasteiger partial charge in [-0.15, -0.1) is 0 Å².